The number of carbonyl (C=O) groups excluding carboxylic acids is 1. The number of nitro groups is 1. The van der Waals surface area contributed by atoms with Crippen LogP contribution in [0.2, 0.25) is 5.02 Å². The van der Waals surface area contributed by atoms with Crippen molar-refractivity contribution >= 4 is 35.0 Å². The number of methoxy groups -OCH3 is 1. The molecule has 0 unspecified atom stereocenters. The van der Waals surface area contributed by atoms with Gasteiger partial charge in [-0.25, -0.2) is 0 Å². The fraction of sp³-hybridized carbons (Fsp3) is 0.118. The van der Waals surface area contributed by atoms with Crippen LogP contribution in [0.1, 0.15) is 11.1 Å². The van der Waals surface area contributed by atoms with Gasteiger partial charge in [0.1, 0.15) is 5.75 Å². The molecular formula is C17H12ClF3N2O4. The topological polar surface area (TPSA) is 81.5 Å². The van der Waals surface area contributed by atoms with Gasteiger partial charge in [0.25, 0.3) is 5.69 Å². The van der Waals surface area contributed by atoms with Gasteiger partial charge in [-0.15, -0.1) is 0 Å². The van der Waals surface area contributed by atoms with Crippen LogP contribution in [0.15, 0.2) is 42.5 Å². The minimum atomic E-state index is -4.63. The van der Waals surface area contributed by atoms with Gasteiger partial charge in [-0.1, -0.05) is 17.7 Å². The fourth-order valence-corrected chi connectivity index (χ4v) is 2.34. The van der Waals surface area contributed by atoms with Crippen molar-refractivity contribution in [1.29, 1.82) is 0 Å². The molecule has 6 nitrogen and oxygen atoms in total. The molecule has 0 aromatic heterocycles. The van der Waals surface area contributed by atoms with Crippen LogP contribution in [-0.4, -0.2) is 17.9 Å². The van der Waals surface area contributed by atoms with Gasteiger partial charge < -0.3 is 10.1 Å². The standard InChI is InChI=1S/C17H12ClF3N2O4/c1-27-15-6-4-11(23(25)26)9-14(15)22-16(24)7-3-10-2-5-13(18)12(8-10)17(19,20)21/h2-9H,1H3,(H,22,24)/b7-3+. The van der Waals surface area contributed by atoms with Gasteiger partial charge in [0.05, 0.1) is 28.3 Å². The van der Waals surface area contributed by atoms with Crippen LogP contribution in [0.5, 0.6) is 5.75 Å². The van der Waals surface area contributed by atoms with E-state index >= 15 is 0 Å². The number of nitrogens with one attached hydrogen (secondary N) is 1. The highest BCUT2D eigenvalue weighted by atomic mass is 35.5. The normalized spacial score (nSPS) is 11.4. The first-order valence-electron chi connectivity index (χ1n) is 7.30. The Bertz CT molecular complexity index is 914. The van der Waals surface area contributed by atoms with Crippen molar-refractivity contribution in [2.24, 2.45) is 0 Å². The first-order chi connectivity index (χ1) is 12.6. The smallest absolute Gasteiger partial charge is 0.417 e. The molecule has 0 radical (unpaired) electrons. The van der Waals surface area contributed by atoms with Crippen molar-refractivity contribution in [3.8, 4) is 5.75 Å². The summed E-state index contributed by atoms with van der Waals surface area (Å²) < 4.78 is 43.5. The number of carbonyl (C=O) groups is 1. The molecule has 0 bridgehead atoms. The predicted octanol–water partition coefficient (Wildman–Crippen LogP) is 4.93. The van der Waals surface area contributed by atoms with Crippen LogP contribution in [0, 0.1) is 10.1 Å². The van der Waals surface area contributed by atoms with E-state index in [1.165, 1.54) is 25.3 Å². The molecule has 10 heteroatoms. The summed E-state index contributed by atoms with van der Waals surface area (Å²) >= 11 is 5.53. The Balaban J connectivity index is 2.21. The maximum atomic E-state index is 12.8. The summed E-state index contributed by atoms with van der Waals surface area (Å²) in [6.07, 6.45) is -2.48. The zero-order valence-electron chi connectivity index (χ0n) is 13.7. The lowest BCUT2D eigenvalue weighted by Crippen LogP contribution is -2.09. The van der Waals surface area contributed by atoms with Crippen LogP contribution >= 0.6 is 11.6 Å². The van der Waals surface area contributed by atoms with Gasteiger partial charge in [-0.3, -0.25) is 14.9 Å². The van der Waals surface area contributed by atoms with Crippen molar-refractivity contribution in [2.45, 2.75) is 6.18 Å². The second-order valence-corrected chi connectivity index (χ2v) is 5.61. The van der Waals surface area contributed by atoms with E-state index in [9.17, 15) is 28.1 Å². The zero-order valence-corrected chi connectivity index (χ0v) is 14.5. The maximum Gasteiger partial charge on any atom is 0.417 e. The molecule has 0 aliphatic heterocycles. The van der Waals surface area contributed by atoms with E-state index in [-0.39, 0.29) is 22.7 Å². The molecule has 0 saturated carbocycles. The molecule has 1 amide bonds. The number of hydrogen-bond acceptors (Lipinski definition) is 4. The highest BCUT2D eigenvalue weighted by Crippen LogP contribution is 2.35. The maximum absolute atomic E-state index is 12.8. The zero-order chi connectivity index (χ0) is 20.2. The molecule has 0 aliphatic carbocycles. The third-order valence-electron chi connectivity index (χ3n) is 3.37. The Morgan fingerprint density at radius 1 is 1.26 bits per heavy atom. The summed E-state index contributed by atoms with van der Waals surface area (Å²) in [6.45, 7) is 0. The Kier molecular flexibility index (Phi) is 6.06. The summed E-state index contributed by atoms with van der Waals surface area (Å²) in [4.78, 5) is 22.2. The molecule has 0 aliphatic rings. The summed E-state index contributed by atoms with van der Waals surface area (Å²) in [6, 6.07) is 6.82. The molecule has 142 valence electrons. The van der Waals surface area contributed by atoms with Crippen LogP contribution in [0.3, 0.4) is 0 Å². The summed E-state index contributed by atoms with van der Waals surface area (Å²) in [5.74, 6) is -0.523. The number of amides is 1. The highest BCUT2D eigenvalue weighted by molar-refractivity contribution is 6.31. The largest absolute Gasteiger partial charge is 0.495 e. The summed E-state index contributed by atoms with van der Waals surface area (Å²) in [5, 5.41) is 12.8. The number of anilines is 1. The van der Waals surface area contributed by atoms with Crippen molar-refractivity contribution < 1.29 is 27.6 Å². The molecule has 0 fully saturated rings. The van der Waals surface area contributed by atoms with Gasteiger partial charge in [-0.2, -0.15) is 13.2 Å². The number of ether oxygens (including phenoxy) is 1. The lowest BCUT2D eigenvalue weighted by atomic mass is 10.1. The number of alkyl halides is 3. The second kappa shape index (κ2) is 8.09. The van der Waals surface area contributed by atoms with Gasteiger partial charge in [0.15, 0.2) is 0 Å². The third kappa shape index (κ3) is 5.20. The monoisotopic (exact) mass is 400 g/mol. The molecular weight excluding hydrogens is 389 g/mol. The van der Waals surface area contributed by atoms with E-state index in [2.05, 4.69) is 5.32 Å². The van der Waals surface area contributed by atoms with Crippen molar-refractivity contribution in [3.05, 3.63) is 68.7 Å². The number of hydrogen-bond donors (Lipinski definition) is 1. The highest BCUT2D eigenvalue weighted by Gasteiger charge is 2.33. The van der Waals surface area contributed by atoms with Gasteiger partial charge in [0, 0.05) is 18.2 Å². The molecule has 0 saturated heterocycles. The van der Waals surface area contributed by atoms with E-state index < -0.39 is 27.6 Å². The van der Waals surface area contributed by atoms with E-state index in [1.54, 1.807) is 0 Å². The number of nitro benzene ring substituents is 1. The first-order valence-corrected chi connectivity index (χ1v) is 7.68. The van der Waals surface area contributed by atoms with Crippen molar-refractivity contribution in [2.75, 3.05) is 12.4 Å². The Morgan fingerprint density at radius 2 is 1.96 bits per heavy atom. The van der Waals surface area contributed by atoms with Gasteiger partial charge in [0.2, 0.25) is 5.91 Å². The number of nitrogens with zero attached hydrogens (tertiary/aromatic N) is 1. The Hall–Kier alpha value is -3.07. The number of non-ortho nitro benzene ring substituents is 1. The third-order valence-corrected chi connectivity index (χ3v) is 3.70. The Labute approximate surface area is 156 Å². The summed E-state index contributed by atoms with van der Waals surface area (Å²) in [5.41, 5.74) is -1.13. The molecule has 1 N–H and O–H groups in total. The molecule has 0 heterocycles. The van der Waals surface area contributed by atoms with E-state index in [4.69, 9.17) is 16.3 Å². The van der Waals surface area contributed by atoms with Crippen LogP contribution in [0.25, 0.3) is 6.08 Å². The van der Waals surface area contributed by atoms with Crippen LogP contribution in [0.4, 0.5) is 24.5 Å². The van der Waals surface area contributed by atoms with Crippen LogP contribution in [-0.2, 0) is 11.0 Å². The molecule has 27 heavy (non-hydrogen) atoms. The number of rotatable bonds is 5. The van der Waals surface area contributed by atoms with Gasteiger partial charge in [-0.05, 0) is 29.8 Å². The molecule has 2 aromatic carbocycles. The van der Waals surface area contributed by atoms with Crippen molar-refractivity contribution in [1.82, 2.24) is 0 Å². The van der Waals surface area contributed by atoms with E-state index in [0.29, 0.717) is 0 Å². The van der Waals surface area contributed by atoms with Crippen molar-refractivity contribution in [3.63, 3.8) is 0 Å². The SMILES string of the molecule is COc1ccc([N+](=O)[O-])cc1NC(=O)/C=C/c1ccc(Cl)c(C(F)(F)F)c1. The lowest BCUT2D eigenvalue weighted by Gasteiger charge is -2.10. The molecule has 0 spiro atoms. The fourth-order valence-electron chi connectivity index (χ4n) is 2.12. The second-order valence-electron chi connectivity index (χ2n) is 5.20. The lowest BCUT2D eigenvalue weighted by molar-refractivity contribution is -0.384. The van der Waals surface area contributed by atoms with Crippen LogP contribution < -0.4 is 10.1 Å². The molecule has 2 rings (SSSR count). The molecule has 0 atom stereocenters. The molecule has 2 aromatic rings. The predicted molar refractivity (Wildman–Crippen MR) is 93.8 cm³/mol. The summed E-state index contributed by atoms with van der Waals surface area (Å²) in [7, 11) is 1.32. The minimum absolute atomic E-state index is 0.0495. The quantitative estimate of drug-likeness (QED) is 0.438. The van der Waals surface area contributed by atoms with E-state index in [1.807, 2.05) is 0 Å². The number of benzene rings is 2. The first kappa shape index (κ1) is 20.2. The number of halogens is 4. The minimum Gasteiger partial charge on any atom is -0.495 e. The average molecular weight is 401 g/mol. The average Bonchev–Trinajstić information content (AvgIpc) is 2.59. The van der Waals surface area contributed by atoms with Gasteiger partial charge >= 0.3 is 6.18 Å². The van der Waals surface area contributed by atoms with E-state index in [0.717, 1.165) is 30.4 Å². The Morgan fingerprint density at radius 3 is 2.56 bits per heavy atom.